The summed E-state index contributed by atoms with van der Waals surface area (Å²) in [5.41, 5.74) is 1.28. The van der Waals surface area contributed by atoms with Crippen LogP contribution in [0.15, 0.2) is 59.1 Å². The second kappa shape index (κ2) is 5.25. The molecule has 1 nitrogen and oxygen atoms in total. The molecule has 0 aromatic heterocycles. The molecule has 3 aromatic rings. The summed E-state index contributed by atoms with van der Waals surface area (Å²) in [5.74, 6) is 0.405. The van der Waals surface area contributed by atoms with Gasteiger partial charge in [0.05, 0.1) is 7.11 Å². The van der Waals surface area contributed by atoms with E-state index in [0.29, 0.717) is 11.3 Å². The van der Waals surface area contributed by atoms with Crippen LogP contribution in [0.5, 0.6) is 5.75 Å². The van der Waals surface area contributed by atoms with Crippen molar-refractivity contribution in [1.82, 2.24) is 0 Å². The molecule has 100 valence electrons. The molecule has 0 fully saturated rings. The molecule has 0 saturated carbocycles. The zero-order chi connectivity index (χ0) is 14.1. The molecule has 3 rings (SSSR count). The maximum atomic E-state index is 14.1. The largest absolute Gasteiger partial charge is 0.496 e. The summed E-state index contributed by atoms with van der Waals surface area (Å²) in [7, 11) is 1.60. The third-order valence-corrected chi connectivity index (χ3v) is 3.78. The number of halogens is 2. The van der Waals surface area contributed by atoms with E-state index in [1.54, 1.807) is 19.2 Å². The minimum Gasteiger partial charge on any atom is -0.496 e. The van der Waals surface area contributed by atoms with E-state index < -0.39 is 0 Å². The molecule has 0 unspecified atom stereocenters. The quantitative estimate of drug-likeness (QED) is 0.609. The third kappa shape index (κ3) is 2.29. The van der Waals surface area contributed by atoms with Crippen molar-refractivity contribution in [2.75, 3.05) is 7.11 Å². The van der Waals surface area contributed by atoms with Gasteiger partial charge < -0.3 is 4.74 Å². The van der Waals surface area contributed by atoms with Crippen molar-refractivity contribution in [3.05, 3.63) is 64.9 Å². The molecule has 0 aliphatic rings. The van der Waals surface area contributed by atoms with Crippen LogP contribution >= 0.6 is 15.9 Å². The Labute approximate surface area is 125 Å². The van der Waals surface area contributed by atoms with Crippen LogP contribution in [0.3, 0.4) is 0 Å². The minimum atomic E-state index is -0.262. The lowest BCUT2D eigenvalue weighted by Gasteiger charge is -2.12. The highest BCUT2D eigenvalue weighted by molar-refractivity contribution is 9.10. The Balaban J connectivity index is 2.31. The van der Waals surface area contributed by atoms with Crippen molar-refractivity contribution in [3.8, 4) is 16.9 Å². The Hall–Kier alpha value is -1.87. The zero-order valence-corrected chi connectivity index (χ0v) is 12.4. The number of benzene rings is 3. The molecule has 0 radical (unpaired) electrons. The van der Waals surface area contributed by atoms with Gasteiger partial charge in [-0.05, 0) is 41.1 Å². The first-order chi connectivity index (χ1) is 9.69. The fourth-order valence-electron chi connectivity index (χ4n) is 2.30. The zero-order valence-electron chi connectivity index (χ0n) is 10.9. The summed E-state index contributed by atoms with van der Waals surface area (Å²) in [6.45, 7) is 0. The van der Waals surface area contributed by atoms with Gasteiger partial charge in [0.25, 0.3) is 0 Å². The number of methoxy groups -OCH3 is 1. The molecule has 0 saturated heterocycles. The second-order valence-corrected chi connectivity index (χ2v) is 5.44. The average molecular weight is 331 g/mol. The molecule has 0 aliphatic heterocycles. The van der Waals surface area contributed by atoms with Gasteiger partial charge in [-0.3, -0.25) is 0 Å². The van der Waals surface area contributed by atoms with Crippen molar-refractivity contribution in [2.24, 2.45) is 0 Å². The van der Waals surface area contributed by atoms with E-state index in [9.17, 15) is 4.39 Å². The predicted octanol–water partition coefficient (Wildman–Crippen LogP) is 5.42. The van der Waals surface area contributed by atoms with E-state index in [-0.39, 0.29) is 5.82 Å². The number of hydrogen-bond acceptors (Lipinski definition) is 1. The van der Waals surface area contributed by atoms with Crippen LogP contribution in [0.25, 0.3) is 21.9 Å². The first-order valence-corrected chi connectivity index (χ1v) is 7.00. The van der Waals surface area contributed by atoms with Crippen molar-refractivity contribution >= 4 is 26.7 Å². The molecular formula is C17H12BrFO. The number of rotatable bonds is 2. The highest BCUT2D eigenvalue weighted by atomic mass is 79.9. The predicted molar refractivity (Wildman–Crippen MR) is 83.6 cm³/mol. The lowest BCUT2D eigenvalue weighted by atomic mass is 9.99. The van der Waals surface area contributed by atoms with Gasteiger partial charge in [-0.25, -0.2) is 4.39 Å². The molecule has 0 amide bonds. The molecule has 0 atom stereocenters. The topological polar surface area (TPSA) is 9.23 Å². The summed E-state index contributed by atoms with van der Waals surface area (Å²) in [6, 6.07) is 16.8. The molecule has 0 heterocycles. The average Bonchev–Trinajstić information content (AvgIpc) is 2.48. The van der Waals surface area contributed by atoms with Crippen LogP contribution in [0.4, 0.5) is 4.39 Å². The summed E-state index contributed by atoms with van der Waals surface area (Å²) in [5, 5.41) is 2.13. The first-order valence-electron chi connectivity index (χ1n) is 6.21. The van der Waals surface area contributed by atoms with Crippen molar-refractivity contribution in [2.45, 2.75) is 0 Å². The van der Waals surface area contributed by atoms with E-state index in [1.807, 2.05) is 36.4 Å². The van der Waals surface area contributed by atoms with Gasteiger partial charge in [0, 0.05) is 15.6 Å². The summed E-state index contributed by atoms with van der Waals surface area (Å²) in [4.78, 5) is 0. The van der Waals surface area contributed by atoms with Crippen LogP contribution in [-0.2, 0) is 0 Å². The molecule has 3 heteroatoms. The fourth-order valence-corrected chi connectivity index (χ4v) is 2.66. The van der Waals surface area contributed by atoms with E-state index in [4.69, 9.17) is 4.74 Å². The van der Waals surface area contributed by atoms with Crippen LogP contribution in [0, 0.1) is 5.82 Å². The normalized spacial score (nSPS) is 10.8. The summed E-state index contributed by atoms with van der Waals surface area (Å²) in [6.07, 6.45) is 0. The number of fused-ring (bicyclic) bond motifs is 1. The Kier molecular flexibility index (Phi) is 3.45. The molecule has 20 heavy (non-hydrogen) atoms. The summed E-state index contributed by atoms with van der Waals surface area (Å²) < 4.78 is 20.4. The SMILES string of the molecule is COc1cc2ccccc2cc1-c1cc(Br)ccc1F. The van der Waals surface area contributed by atoms with Crippen molar-refractivity contribution < 1.29 is 9.13 Å². The van der Waals surface area contributed by atoms with Gasteiger partial charge in [0.2, 0.25) is 0 Å². The van der Waals surface area contributed by atoms with Gasteiger partial charge in [0.1, 0.15) is 11.6 Å². The van der Waals surface area contributed by atoms with E-state index in [1.165, 1.54) is 6.07 Å². The summed E-state index contributed by atoms with van der Waals surface area (Å²) >= 11 is 3.38. The van der Waals surface area contributed by atoms with Gasteiger partial charge in [0.15, 0.2) is 0 Å². The van der Waals surface area contributed by atoms with E-state index in [0.717, 1.165) is 20.8 Å². The Bertz CT molecular complexity index is 783. The Morgan fingerprint density at radius 2 is 1.60 bits per heavy atom. The van der Waals surface area contributed by atoms with Crippen LogP contribution in [0.2, 0.25) is 0 Å². The van der Waals surface area contributed by atoms with Crippen LogP contribution in [0.1, 0.15) is 0 Å². The van der Waals surface area contributed by atoms with E-state index in [2.05, 4.69) is 15.9 Å². The molecular weight excluding hydrogens is 319 g/mol. The monoisotopic (exact) mass is 330 g/mol. The minimum absolute atomic E-state index is 0.262. The van der Waals surface area contributed by atoms with Crippen molar-refractivity contribution in [3.63, 3.8) is 0 Å². The van der Waals surface area contributed by atoms with Gasteiger partial charge in [-0.1, -0.05) is 40.2 Å². The highest BCUT2D eigenvalue weighted by Crippen LogP contribution is 2.36. The fraction of sp³-hybridized carbons (Fsp3) is 0.0588. The number of ether oxygens (including phenoxy) is 1. The lowest BCUT2D eigenvalue weighted by Crippen LogP contribution is -1.91. The van der Waals surface area contributed by atoms with Crippen LogP contribution in [-0.4, -0.2) is 7.11 Å². The molecule has 0 spiro atoms. The van der Waals surface area contributed by atoms with E-state index >= 15 is 0 Å². The standard InChI is InChI=1S/C17H12BrFO/c1-20-17-9-12-5-3-2-4-11(12)8-15(17)14-10-13(18)6-7-16(14)19/h2-10H,1H3. The Morgan fingerprint density at radius 1 is 0.900 bits per heavy atom. The Morgan fingerprint density at radius 3 is 2.30 bits per heavy atom. The van der Waals surface area contributed by atoms with Crippen molar-refractivity contribution in [1.29, 1.82) is 0 Å². The second-order valence-electron chi connectivity index (χ2n) is 4.52. The molecule has 0 bridgehead atoms. The maximum absolute atomic E-state index is 14.1. The molecule has 3 aromatic carbocycles. The molecule has 0 N–H and O–H groups in total. The number of hydrogen-bond donors (Lipinski definition) is 0. The van der Waals surface area contributed by atoms with Gasteiger partial charge >= 0.3 is 0 Å². The third-order valence-electron chi connectivity index (χ3n) is 3.29. The maximum Gasteiger partial charge on any atom is 0.131 e. The highest BCUT2D eigenvalue weighted by Gasteiger charge is 2.12. The van der Waals surface area contributed by atoms with Gasteiger partial charge in [-0.2, -0.15) is 0 Å². The first kappa shape index (κ1) is 13.1. The van der Waals surface area contributed by atoms with Gasteiger partial charge in [-0.15, -0.1) is 0 Å². The lowest BCUT2D eigenvalue weighted by molar-refractivity contribution is 0.417. The molecule has 0 aliphatic carbocycles. The smallest absolute Gasteiger partial charge is 0.131 e. The van der Waals surface area contributed by atoms with Crippen LogP contribution < -0.4 is 4.74 Å².